The van der Waals surface area contributed by atoms with Crippen molar-refractivity contribution in [1.82, 2.24) is 14.1 Å². The molecule has 2 aliphatic rings. The highest BCUT2D eigenvalue weighted by molar-refractivity contribution is 7.57. The molecule has 0 aromatic heterocycles. The molecular weight excluding hydrogens is 317 g/mol. The Labute approximate surface area is 145 Å². The lowest BCUT2D eigenvalue weighted by Crippen LogP contribution is -2.72. The molecule has 0 saturated heterocycles. The molecule has 0 aliphatic carbocycles. The van der Waals surface area contributed by atoms with Crippen molar-refractivity contribution in [3.8, 4) is 0 Å². The smallest absolute Gasteiger partial charge is 0.290 e. The highest BCUT2D eigenvalue weighted by atomic mass is 31.2. The molecule has 2 heterocycles. The summed E-state index contributed by atoms with van der Waals surface area (Å²) >= 11 is 0. The van der Waals surface area contributed by atoms with E-state index in [0.717, 1.165) is 37.3 Å². The Bertz CT molecular complexity index is 696. The Morgan fingerprint density at radius 3 is 2.00 bits per heavy atom. The largest absolute Gasteiger partial charge is 0.354 e. The van der Waals surface area contributed by atoms with Crippen molar-refractivity contribution in [2.24, 2.45) is 5.10 Å². The molecule has 0 amide bonds. The van der Waals surface area contributed by atoms with Crippen LogP contribution in [0.2, 0.25) is 0 Å². The Hall–Kier alpha value is -1.74. The van der Waals surface area contributed by atoms with E-state index in [1.807, 2.05) is 6.07 Å². The van der Waals surface area contributed by atoms with Crippen LogP contribution in [0.4, 0.5) is 0 Å². The van der Waals surface area contributed by atoms with Crippen LogP contribution in [0.15, 0.2) is 46.8 Å². The fraction of sp³-hybridized carbons (Fsp3) is 0.500. The zero-order chi connectivity index (χ0) is 17.3. The minimum atomic E-state index is -1.90. The lowest BCUT2D eigenvalue weighted by Gasteiger charge is -2.35. The van der Waals surface area contributed by atoms with Gasteiger partial charge in [0, 0.05) is 24.5 Å². The summed E-state index contributed by atoms with van der Waals surface area (Å²) in [4.78, 5) is 0. The van der Waals surface area contributed by atoms with Gasteiger partial charge in [-0.15, -0.1) is 4.78 Å². The molecule has 1 N–H and O–H groups in total. The molecule has 0 fully saturated rings. The Kier molecular flexibility index (Phi) is 4.73. The summed E-state index contributed by atoms with van der Waals surface area (Å²) in [6.07, 6.45) is 2.26. The first-order chi connectivity index (χ1) is 11.6. The van der Waals surface area contributed by atoms with Gasteiger partial charge in [0.2, 0.25) is 0 Å². The van der Waals surface area contributed by atoms with E-state index >= 15 is 0 Å². The minimum absolute atomic E-state index is 0.983. The van der Waals surface area contributed by atoms with Crippen LogP contribution in [-0.4, -0.2) is 40.1 Å². The van der Waals surface area contributed by atoms with Gasteiger partial charge in [-0.2, -0.15) is 0 Å². The van der Waals surface area contributed by atoms with Gasteiger partial charge >= 0.3 is 13.3 Å². The summed E-state index contributed by atoms with van der Waals surface area (Å²) in [5.74, 6) is 0.983. The van der Waals surface area contributed by atoms with E-state index in [9.17, 15) is 0 Å². The number of rotatable bonds is 5. The Morgan fingerprint density at radius 2 is 1.50 bits per heavy atom. The summed E-state index contributed by atoms with van der Waals surface area (Å²) in [6, 6.07) is 10.4. The monoisotopic (exact) mass is 346 g/mol. The zero-order valence-corrected chi connectivity index (χ0v) is 16.3. The Balaban J connectivity index is 2.12. The second-order valence-electron chi connectivity index (χ2n) is 6.40. The average Bonchev–Trinajstić information content (AvgIpc) is 3.03. The number of hydrazone groups is 1. The van der Waals surface area contributed by atoms with Gasteiger partial charge in [0.05, 0.1) is 17.7 Å². The van der Waals surface area contributed by atoms with Crippen molar-refractivity contribution in [2.45, 2.75) is 40.5 Å². The molecule has 24 heavy (non-hydrogen) atoms. The van der Waals surface area contributed by atoms with E-state index in [4.69, 9.17) is 5.10 Å². The molecule has 0 unspecified atom stereocenters. The van der Waals surface area contributed by atoms with Crippen LogP contribution in [0.3, 0.4) is 0 Å². The quantitative estimate of drug-likeness (QED) is 0.833. The van der Waals surface area contributed by atoms with Crippen molar-refractivity contribution in [2.75, 3.05) is 20.1 Å². The molecule has 0 saturated carbocycles. The molecule has 6 heteroatoms. The lowest BCUT2D eigenvalue weighted by molar-refractivity contribution is -0.295. The van der Waals surface area contributed by atoms with Crippen molar-refractivity contribution in [3.63, 3.8) is 0 Å². The number of hydrogen-bond donors (Lipinski definition) is 1. The maximum Gasteiger partial charge on any atom is 0.354 e. The van der Waals surface area contributed by atoms with E-state index in [-0.39, 0.29) is 0 Å². The van der Waals surface area contributed by atoms with E-state index in [1.54, 1.807) is 0 Å². The van der Waals surface area contributed by atoms with E-state index in [0.29, 0.717) is 0 Å². The van der Waals surface area contributed by atoms with Gasteiger partial charge in [0.25, 0.3) is 0 Å². The highest BCUT2D eigenvalue weighted by Gasteiger charge is 2.53. The SMILES string of the molecule is CCCN1C(C)=C(C)N(CCC)P12=[NH+]C(c1ccccc1)=NN2C. The third-order valence-corrected chi connectivity index (χ3v) is 8.55. The second-order valence-corrected chi connectivity index (χ2v) is 9.31. The lowest BCUT2D eigenvalue weighted by atomic mass is 10.2. The number of nitrogens with zero attached hydrogens (tertiary/aromatic N) is 4. The summed E-state index contributed by atoms with van der Waals surface area (Å²) in [7, 11) is 0.215. The maximum atomic E-state index is 4.91. The van der Waals surface area contributed by atoms with E-state index in [1.165, 1.54) is 11.4 Å². The molecule has 2 aliphatic heterocycles. The molecular formula is C18H29N5P+. The van der Waals surface area contributed by atoms with Crippen LogP contribution in [0.25, 0.3) is 0 Å². The molecule has 0 radical (unpaired) electrons. The fourth-order valence-electron chi connectivity index (χ4n) is 3.56. The van der Waals surface area contributed by atoms with E-state index < -0.39 is 7.51 Å². The fourth-order valence-corrected chi connectivity index (χ4v) is 7.58. The average molecular weight is 346 g/mol. The van der Waals surface area contributed by atoms with Crippen LogP contribution in [0.1, 0.15) is 46.1 Å². The third kappa shape index (κ3) is 2.46. The van der Waals surface area contributed by atoms with Crippen molar-refractivity contribution < 1.29 is 4.74 Å². The first-order valence-corrected chi connectivity index (χ1v) is 10.5. The molecule has 0 bridgehead atoms. The topological polar surface area (TPSA) is 36.1 Å². The Morgan fingerprint density at radius 1 is 0.958 bits per heavy atom. The number of hydrogen-bond acceptors (Lipinski definition) is 4. The first kappa shape index (κ1) is 17.1. The van der Waals surface area contributed by atoms with Crippen LogP contribution in [0.5, 0.6) is 0 Å². The van der Waals surface area contributed by atoms with Crippen LogP contribution < -0.4 is 4.74 Å². The maximum absolute atomic E-state index is 4.91. The van der Waals surface area contributed by atoms with Crippen molar-refractivity contribution >= 4 is 13.3 Å². The summed E-state index contributed by atoms with van der Waals surface area (Å²) in [5, 5.41) is 4.91. The molecule has 3 rings (SSSR count). The van der Waals surface area contributed by atoms with Gasteiger partial charge < -0.3 is 0 Å². The predicted octanol–water partition coefficient (Wildman–Crippen LogP) is 3.01. The summed E-state index contributed by atoms with van der Waals surface area (Å²) in [5.41, 5.74) is 3.90. The van der Waals surface area contributed by atoms with E-state index in [2.05, 4.69) is 77.9 Å². The van der Waals surface area contributed by atoms with Gasteiger partial charge in [-0.25, -0.2) is 4.74 Å². The molecule has 1 aromatic rings. The van der Waals surface area contributed by atoms with Gasteiger partial charge in [-0.1, -0.05) is 32.0 Å². The van der Waals surface area contributed by atoms with Gasteiger partial charge in [-0.3, -0.25) is 9.34 Å². The molecule has 130 valence electrons. The molecule has 1 aromatic carbocycles. The standard InChI is InChI=1S/C18H28N5P/c1-6-13-22-15(3)16(4)23(14-7-2)24(22)20-18(19-21(24)5)17-11-9-8-10-12-17/h8-12H,6-7,13-14H2,1-5H3/p+1. The number of allylic oxidation sites excluding steroid dienone is 2. The van der Waals surface area contributed by atoms with Crippen LogP contribution >= 0.6 is 7.51 Å². The molecule has 5 nitrogen and oxygen atoms in total. The minimum Gasteiger partial charge on any atom is -0.290 e. The third-order valence-electron chi connectivity index (χ3n) is 4.79. The molecule has 0 atom stereocenters. The van der Waals surface area contributed by atoms with Crippen molar-refractivity contribution in [3.05, 3.63) is 47.3 Å². The first-order valence-electron chi connectivity index (χ1n) is 8.85. The number of benzene rings is 1. The van der Waals surface area contributed by atoms with Crippen LogP contribution in [-0.2, 0) is 0 Å². The number of nitrogens with one attached hydrogen (secondary N) is 1. The summed E-state index contributed by atoms with van der Waals surface area (Å²) in [6.45, 7) is 11.1. The number of amidine groups is 1. The second kappa shape index (κ2) is 6.64. The van der Waals surface area contributed by atoms with Gasteiger partial charge in [0.1, 0.15) is 0 Å². The van der Waals surface area contributed by atoms with Crippen molar-refractivity contribution in [1.29, 1.82) is 0 Å². The molecule has 1 spiro atoms. The van der Waals surface area contributed by atoms with Gasteiger partial charge in [-0.05, 0) is 38.8 Å². The highest BCUT2D eigenvalue weighted by Crippen LogP contribution is 2.62. The summed E-state index contributed by atoms with van der Waals surface area (Å²) < 4.78 is 11.2. The predicted molar refractivity (Wildman–Crippen MR) is 101 cm³/mol. The zero-order valence-electron chi connectivity index (χ0n) is 15.5. The van der Waals surface area contributed by atoms with Crippen LogP contribution in [0, 0.1) is 0 Å². The normalized spacial score (nSPS) is 19.4. The van der Waals surface area contributed by atoms with Gasteiger partial charge in [0.15, 0.2) is 0 Å².